The van der Waals surface area contributed by atoms with Gasteiger partial charge in [-0.3, -0.25) is 10.1 Å². The Morgan fingerprint density at radius 1 is 1.78 bits per heavy atom. The summed E-state index contributed by atoms with van der Waals surface area (Å²) in [5.41, 5.74) is 1.21. The molecule has 1 heterocycles. The maximum atomic E-state index is 10.6. The molecule has 1 unspecified atom stereocenters. The fraction of sp³-hybridized carbons (Fsp3) is 0.250. The molecule has 1 aromatic rings. The summed E-state index contributed by atoms with van der Waals surface area (Å²) in [5.74, 6) is 2.21. The molecule has 0 radical (unpaired) electrons. The number of terminal acetylenes is 1. The third-order valence-corrected chi connectivity index (χ3v) is 2.61. The molecule has 0 saturated heterocycles. The summed E-state index contributed by atoms with van der Waals surface area (Å²) in [6, 6.07) is 3.38. The first-order valence-electron chi connectivity index (χ1n) is 5.16. The van der Waals surface area contributed by atoms with Crippen LogP contribution in [0.25, 0.3) is 0 Å². The van der Waals surface area contributed by atoms with Crippen LogP contribution in [0.15, 0.2) is 30.2 Å². The molecule has 0 aliphatic rings. The van der Waals surface area contributed by atoms with Gasteiger partial charge in [0.25, 0.3) is 6.20 Å². The lowest BCUT2D eigenvalue weighted by Gasteiger charge is -2.16. The molecule has 18 heavy (non-hydrogen) atoms. The first kappa shape index (κ1) is 14.0. The van der Waals surface area contributed by atoms with Gasteiger partial charge in [-0.2, -0.15) is 0 Å². The van der Waals surface area contributed by atoms with Gasteiger partial charge in [0.2, 0.25) is 0 Å². The number of nitro groups is 1. The van der Waals surface area contributed by atoms with E-state index in [4.69, 9.17) is 18.0 Å². The molecule has 0 bridgehead atoms. The SMILES string of the molecule is C#CCC(/C(=C/[N+](=O)[O-])NC)c1ccc(Cl)nc1. The summed E-state index contributed by atoms with van der Waals surface area (Å²) in [6.45, 7) is 0. The molecule has 0 fully saturated rings. The summed E-state index contributed by atoms with van der Waals surface area (Å²) in [6.07, 6.45) is 8.11. The number of hydrogen-bond donors (Lipinski definition) is 1. The topological polar surface area (TPSA) is 68.1 Å². The van der Waals surface area contributed by atoms with Gasteiger partial charge in [0.15, 0.2) is 0 Å². The van der Waals surface area contributed by atoms with Crippen molar-refractivity contribution in [2.75, 3.05) is 7.05 Å². The van der Waals surface area contributed by atoms with Gasteiger partial charge in [-0.25, -0.2) is 4.98 Å². The zero-order valence-electron chi connectivity index (χ0n) is 9.76. The van der Waals surface area contributed by atoms with E-state index in [2.05, 4.69) is 16.2 Å². The third-order valence-electron chi connectivity index (χ3n) is 2.38. The molecule has 1 N–H and O–H groups in total. The third kappa shape index (κ3) is 3.75. The van der Waals surface area contributed by atoms with Crippen molar-refractivity contribution < 1.29 is 4.92 Å². The minimum atomic E-state index is -0.515. The number of rotatable bonds is 5. The first-order chi connectivity index (χ1) is 8.58. The van der Waals surface area contributed by atoms with Crippen molar-refractivity contribution in [3.8, 4) is 12.3 Å². The Kier molecular flexibility index (Phi) is 5.15. The summed E-state index contributed by atoms with van der Waals surface area (Å²) in [5, 5.41) is 13.7. The van der Waals surface area contributed by atoms with Crippen LogP contribution in [0.5, 0.6) is 0 Å². The second-order valence-corrected chi connectivity index (χ2v) is 3.88. The van der Waals surface area contributed by atoms with Crippen molar-refractivity contribution in [1.29, 1.82) is 0 Å². The van der Waals surface area contributed by atoms with Gasteiger partial charge >= 0.3 is 0 Å². The largest absolute Gasteiger partial charge is 0.386 e. The zero-order valence-corrected chi connectivity index (χ0v) is 10.5. The minimum Gasteiger partial charge on any atom is -0.386 e. The Hall–Kier alpha value is -2.06. The second-order valence-electron chi connectivity index (χ2n) is 3.49. The van der Waals surface area contributed by atoms with Gasteiger partial charge in [-0.05, 0) is 11.6 Å². The monoisotopic (exact) mass is 265 g/mol. The number of aromatic nitrogens is 1. The van der Waals surface area contributed by atoms with Gasteiger partial charge in [0.05, 0.1) is 10.6 Å². The van der Waals surface area contributed by atoms with Crippen LogP contribution in [0.3, 0.4) is 0 Å². The molecular formula is C12H12ClN3O2. The maximum Gasteiger partial charge on any atom is 0.253 e. The Bertz CT molecular complexity index is 491. The average Bonchev–Trinajstić information content (AvgIpc) is 2.34. The van der Waals surface area contributed by atoms with E-state index in [1.807, 2.05) is 0 Å². The number of allylic oxidation sites excluding steroid dienone is 1. The van der Waals surface area contributed by atoms with Crippen LogP contribution < -0.4 is 5.32 Å². The van der Waals surface area contributed by atoms with Gasteiger partial charge in [0, 0.05) is 25.6 Å². The highest BCUT2D eigenvalue weighted by Gasteiger charge is 2.18. The number of likely N-dealkylation sites (N-methyl/N-ethyl adjacent to an activating group) is 1. The number of hydrogen-bond acceptors (Lipinski definition) is 4. The van der Waals surface area contributed by atoms with E-state index in [0.29, 0.717) is 17.3 Å². The van der Waals surface area contributed by atoms with Crippen molar-refractivity contribution in [2.24, 2.45) is 0 Å². The maximum absolute atomic E-state index is 10.6. The molecule has 0 aliphatic heterocycles. The standard InChI is InChI=1S/C12H12ClN3O2/c1-3-4-10(11(14-2)8-16(17)18)9-5-6-12(13)15-7-9/h1,5-8,10,14H,4H2,2H3/b11-8-. The lowest BCUT2D eigenvalue weighted by Crippen LogP contribution is -2.16. The first-order valence-corrected chi connectivity index (χ1v) is 5.54. The normalized spacial score (nSPS) is 12.6. The number of pyridine rings is 1. The van der Waals surface area contributed by atoms with Crippen molar-refractivity contribution in [3.05, 3.63) is 51.1 Å². The molecule has 1 aromatic heterocycles. The number of nitrogens with one attached hydrogen (secondary N) is 1. The average molecular weight is 266 g/mol. The Labute approximate surface area is 110 Å². The van der Waals surface area contributed by atoms with Crippen LogP contribution in [0.2, 0.25) is 5.15 Å². The van der Waals surface area contributed by atoms with Crippen LogP contribution in [-0.4, -0.2) is 17.0 Å². The van der Waals surface area contributed by atoms with Gasteiger partial charge in [-0.15, -0.1) is 12.3 Å². The van der Waals surface area contributed by atoms with E-state index in [0.717, 1.165) is 11.8 Å². The van der Waals surface area contributed by atoms with E-state index < -0.39 is 4.92 Å². The van der Waals surface area contributed by atoms with Crippen LogP contribution >= 0.6 is 11.6 Å². The van der Waals surface area contributed by atoms with Gasteiger partial charge in [-0.1, -0.05) is 17.7 Å². The highest BCUT2D eigenvalue weighted by molar-refractivity contribution is 6.29. The van der Waals surface area contributed by atoms with E-state index in [1.165, 1.54) is 0 Å². The van der Waals surface area contributed by atoms with E-state index in [1.54, 1.807) is 25.4 Å². The van der Waals surface area contributed by atoms with Gasteiger partial charge < -0.3 is 5.32 Å². The van der Waals surface area contributed by atoms with Crippen molar-refractivity contribution >= 4 is 11.6 Å². The number of halogens is 1. The smallest absolute Gasteiger partial charge is 0.253 e. The molecule has 1 rings (SSSR count). The Morgan fingerprint density at radius 2 is 2.50 bits per heavy atom. The van der Waals surface area contributed by atoms with Crippen LogP contribution in [-0.2, 0) is 0 Å². The van der Waals surface area contributed by atoms with Crippen LogP contribution in [0.4, 0.5) is 0 Å². The molecule has 0 aliphatic carbocycles. The lowest BCUT2D eigenvalue weighted by molar-refractivity contribution is -0.404. The molecule has 94 valence electrons. The predicted molar refractivity (Wildman–Crippen MR) is 69.6 cm³/mol. The van der Waals surface area contributed by atoms with E-state index >= 15 is 0 Å². The van der Waals surface area contributed by atoms with E-state index in [-0.39, 0.29) is 5.92 Å². The Balaban J connectivity index is 3.12. The molecule has 0 amide bonds. The molecule has 0 saturated carbocycles. The zero-order chi connectivity index (χ0) is 13.5. The summed E-state index contributed by atoms with van der Waals surface area (Å²) >= 11 is 5.70. The molecular weight excluding hydrogens is 254 g/mol. The Morgan fingerprint density at radius 3 is 2.94 bits per heavy atom. The van der Waals surface area contributed by atoms with Crippen LogP contribution in [0.1, 0.15) is 17.9 Å². The van der Waals surface area contributed by atoms with Crippen molar-refractivity contribution in [1.82, 2.24) is 10.3 Å². The fourth-order valence-electron chi connectivity index (χ4n) is 1.56. The van der Waals surface area contributed by atoms with Crippen LogP contribution in [0, 0.1) is 22.5 Å². The molecule has 6 heteroatoms. The quantitative estimate of drug-likeness (QED) is 0.383. The molecule has 5 nitrogen and oxygen atoms in total. The summed E-state index contributed by atoms with van der Waals surface area (Å²) in [4.78, 5) is 14.0. The van der Waals surface area contributed by atoms with E-state index in [9.17, 15) is 10.1 Å². The minimum absolute atomic E-state index is 0.296. The molecule has 1 atom stereocenters. The highest BCUT2D eigenvalue weighted by atomic mass is 35.5. The number of nitrogens with zero attached hydrogens (tertiary/aromatic N) is 2. The predicted octanol–water partition coefficient (Wildman–Crippen LogP) is 2.18. The summed E-state index contributed by atoms with van der Waals surface area (Å²) < 4.78 is 0. The summed E-state index contributed by atoms with van der Waals surface area (Å²) in [7, 11) is 1.61. The molecule has 0 aromatic carbocycles. The van der Waals surface area contributed by atoms with Crippen molar-refractivity contribution in [2.45, 2.75) is 12.3 Å². The lowest BCUT2D eigenvalue weighted by atomic mass is 9.94. The second kappa shape index (κ2) is 6.62. The van der Waals surface area contributed by atoms with Crippen molar-refractivity contribution in [3.63, 3.8) is 0 Å². The fourth-order valence-corrected chi connectivity index (χ4v) is 1.67. The van der Waals surface area contributed by atoms with Gasteiger partial charge in [0.1, 0.15) is 5.15 Å². The highest BCUT2D eigenvalue weighted by Crippen LogP contribution is 2.26. The molecule has 0 spiro atoms.